The van der Waals surface area contributed by atoms with Gasteiger partial charge in [-0.25, -0.2) is 0 Å². The van der Waals surface area contributed by atoms with Crippen LogP contribution in [0.5, 0.6) is 0 Å². The molecule has 0 amide bonds. The standard InChI is InChI=1S/C9H17NO/c1-7(2)10-4-3-8-5-9(8,10)6-11/h7-8,11H,3-6H2,1-2H3/t8?,9-/m0/s1. The Morgan fingerprint density at radius 3 is 2.73 bits per heavy atom. The van der Waals surface area contributed by atoms with E-state index >= 15 is 0 Å². The summed E-state index contributed by atoms with van der Waals surface area (Å²) in [5.41, 5.74) is 0.230. The molecule has 0 radical (unpaired) electrons. The molecule has 0 bridgehead atoms. The van der Waals surface area contributed by atoms with E-state index in [9.17, 15) is 5.11 Å². The number of piperidine rings is 1. The highest BCUT2D eigenvalue weighted by atomic mass is 16.3. The van der Waals surface area contributed by atoms with Crippen molar-refractivity contribution in [3.63, 3.8) is 0 Å². The van der Waals surface area contributed by atoms with Crippen molar-refractivity contribution in [1.82, 2.24) is 4.90 Å². The topological polar surface area (TPSA) is 23.5 Å². The average Bonchev–Trinajstić information content (AvgIpc) is 2.58. The molecule has 2 nitrogen and oxygen atoms in total. The second-order valence-electron chi connectivity index (χ2n) is 4.24. The zero-order valence-corrected chi connectivity index (χ0v) is 7.38. The quantitative estimate of drug-likeness (QED) is 0.639. The predicted octanol–water partition coefficient (Wildman–Crippen LogP) is 0.852. The number of likely N-dealkylation sites (tertiary alicyclic amines) is 1. The summed E-state index contributed by atoms with van der Waals surface area (Å²) in [5, 5.41) is 9.24. The van der Waals surface area contributed by atoms with Crippen LogP contribution in [0.1, 0.15) is 26.7 Å². The van der Waals surface area contributed by atoms with Gasteiger partial charge in [-0.3, -0.25) is 4.90 Å². The summed E-state index contributed by atoms with van der Waals surface area (Å²) in [6.45, 7) is 6.01. The van der Waals surface area contributed by atoms with Crippen molar-refractivity contribution >= 4 is 0 Å². The first kappa shape index (κ1) is 7.56. The maximum absolute atomic E-state index is 9.24. The summed E-state index contributed by atoms with van der Waals surface area (Å²) in [5.74, 6) is 0.815. The number of hydrogen-bond donors (Lipinski definition) is 1. The summed E-state index contributed by atoms with van der Waals surface area (Å²) in [7, 11) is 0. The molecule has 1 saturated carbocycles. The number of nitrogens with zero attached hydrogens (tertiary/aromatic N) is 1. The molecule has 0 aromatic rings. The van der Waals surface area contributed by atoms with Crippen molar-refractivity contribution in [3.05, 3.63) is 0 Å². The molecule has 11 heavy (non-hydrogen) atoms. The van der Waals surface area contributed by atoms with Crippen LogP contribution < -0.4 is 0 Å². The Balaban J connectivity index is 2.11. The Hall–Kier alpha value is -0.0800. The molecule has 1 heterocycles. The first-order chi connectivity index (χ1) is 5.20. The van der Waals surface area contributed by atoms with Gasteiger partial charge in [-0.15, -0.1) is 0 Å². The normalized spacial score (nSPS) is 43.1. The van der Waals surface area contributed by atoms with Gasteiger partial charge in [0.1, 0.15) is 0 Å². The Morgan fingerprint density at radius 1 is 1.64 bits per heavy atom. The van der Waals surface area contributed by atoms with Crippen molar-refractivity contribution in [3.8, 4) is 0 Å². The van der Waals surface area contributed by atoms with Gasteiger partial charge in [0.25, 0.3) is 0 Å². The fourth-order valence-electron chi connectivity index (χ4n) is 2.66. The Morgan fingerprint density at radius 2 is 2.36 bits per heavy atom. The number of aliphatic hydroxyl groups is 1. The maximum atomic E-state index is 9.24. The van der Waals surface area contributed by atoms with Crippen LogP contribution >= 0.6 is 0 Å². The van der Waals surface area contributed by atoms with Gasteiger partial charge >= 0.3 is 0 Å². The van der Waals surface area contributed by atoms with E-state index in [-0.39, 0.29) is 5.54 Å². The molecule has 0 spiro atoms. The zero-order chi connectivity index (χ0) is 8.06. The molecular weight excluding hydrogens is 138 g/mol. The highest BCUT2D eigenvalue weighted by Crippen LogP contribution is 2.55. The molecule has 0 aromatic carbocycles. The van der Waals surface area contributed by atoms with Crippen LogP contribution in [0.4, 0.5) is 0 Å². The summed E-state index contributed by atoms with van der Waals surface area (Å²) >= 11 is 0. The van der Waals surface area contributed by atoms with Crippen LogP contribution in [-0.4, -0.2) is 34.7 Å². The molecule has 1 N–H and O–H groups in total. The van der Waals surface area contributed by atoms with Crippen molar-refractivity contribution in [1.29, 1.82) is 0 Å². The minimum Gasteiger partial charge on any atom is -0.394 e. The van der Waals surface area contributed by atoms with Crippen LogP contribution in [0.2, 0.25) is 0 Å². The molecule has 64 valence electrons. The van der Waals surface area contributed by atoms with Gasteiger partial charge in [0.05, 0.1) is 6.61 Å². The molecule has 2 rings (SSSR count). The van der Waals surface area contributed by atoms with E-state index in [2.05, 4.69) is 18.7 Å². The highest BCUT2D eigenvalue weighted by Gasteiger charge is 2.61. The van der Waals surface area contributed by atoms with Crippen molar-refractivity contribution in [2.45, 2.75) is 38.3 Å². The van der Waals surface area contributed by atoms with Gasteiger partial charge in [0, 0.05) is 11.6 Å². The molecule has 1 saturated heterocycles. The van der Waals surface area contributed by atoms with E-state index < -0.39 is 0 Å². The maximum Gasteiger partial charge on any atom is 0.0618 e. The molecule has 0 aromatic heterocycles. The molecule has 1 aliphatic carbocycles. The summed E-state index contributed by atoms with van der Waals surface area (Å²) in [6.07, 6.45) is 2.54. The summed E-state index contributed by atoms with van der Waals surface area (Å²) in [4.78, 5) is 2.47. The average molecular weight is 155 g/mol. The van der Waals surface area contributed by atoms with Gasteiger partial charge in [0.2, 0.25) is 0 Å². The lowest BCUT2D eigenvalue weighted by molar-refractivity contribution is 0.0992. The third-order valence-corrected chi connectivity index (χ3v) is 3.39. The Bertz CT molecular complexity index is 165. The number of fused-ring (bicyclic) bond motifs is 1. The molecule has 2 aliphatic rings. The third kappa shape index (κ3) is 0.859. The minimum absolute atomic E-state index is 0.230. The van der Waals surface area contributed by atoms with Crippen molar-refractivity contribution < 1.29 is 5.11 Å². The number of rotatable bonds is 2. The smallest absolute Gasteiger partial charge is 0.0618 e. The van der Waals surface area contributed by atoms with Gasteiger partial charge in [-0.05, 0) is 39.2 Å². The second-order valence-corrected chi connectivity index (χ2v) is 4.24. The lowest BCUT2D eigenvalue weighted by Crippen LogP contribution is -2.42. The van der Waals surface area contributed by atoms with E-state index in [0.717, 1.165) is 5.92 Å². The molecule has 1 unspecified atom stereocenters. The fraction of sp³-hybridized carbons (Fsp3) is 1.00. The Kier molecular flexibility index (Phi) is 1.52. The monoisotopic (exact) mass is 155 g/mol. The van der Waals surface area contributed by atoms with Gasteiger partial charge < -0.3 is 5.11 Å². The van der Waals surface area contributed by atoms with Gasteiger partial charge in [0.15, 0.2) is 0 Å². The van der Waals surface area contributed by atoms with E-state index in [1.807, 2.05) is 0 Å². The van der Waals surface area contributed by atoms with Gasteiger partial charge in [-0.2, -0.15) is 0 Å². The largest absolute Gasteiger partial charge is 0.394 e. The van der Waals surface area contributed by atoms with E-state index in [1.54, 1.807) is 0 Å². The minimum atomic E-state index is 0.230. The lowest BCUT2D eigenvalue weighted by Gasteiger charge is -2.30. The zero-order valence-electron chi connectivity index (χ0n) is 7.38. The van der Waals surface area contributed by atoms with E-state index in [4.69, 9.17) is 0 Å². The van der Waals surface area contributed by atoms with E-state index in [0.29, 0.717) is 12.6 Å². The van der Waals surface area contributed by atoms with Crippen LogP contribution in [0, 0.1) is 5.92 Å². The second kappa shape index (κ2) is 2.20. The molecule has 2 atom stereocenters. The number of aliphatic hydroxyl groups excluding tert-OH is 1. The van der Waals surface area contributed by atoms with Crippen LogP contribution in [-0.2, 0) is 0 Å². The highest BCUT2D eigenvalue weighted by molar-refractivity contribution is 5.16. The van der Waals surface area contributed by atoms with Crippen molar-refractivity contribution in [2.75, 3.05) is 13.2 Å². The Labute approximate surface area is 68.2 Å². The first-order valence-electron chi connectivity index (χ1n) is 4.58. The summed E-state index contributed by atoms with van der Waals surface area (Å²) in [6, 6.07) is 0.606. The van der Waals surface area contributed by atoms with Crippen LogP contribution in [0.3, 0.4) is 0 Å². The summed E-state index contributed by atoms with van der Waals surface area (Å²) < 4.78 is 0. The third-order valence-electron chi connectivity index (χ3n) is 3.39. The number of hydrogen-bond acceptors (Lipinski definition) is 2. The van der Waals surface area contributed by atoms with Crippen molar-refractivity contribution in [2.24, 2.45) is 5.92 Å². The van der Waals surface area contributed by atoms with E-state index in [1.165, 1.54) is 19.4 Å². The predicted molar refractivity (Wildman–Crippen MR) is 44.4 cm³/mol. The molecule has 2 fully saturated rings. The fourth-order valence-corrected chi connectivity index (χ4v) is 2.66. The first-order valence-corrected chi connectivity index (χ1v) is 4.58. The molecule has 1 aliphatic heterocycles. The van der Waals surface area contributed by atoms with Gasteiger partial charge in [-0.1, -0.05) is 0 Å². The van der Waals surface area contributed by atoms with Crippen LogP contribution in [0.25, 0.3) is 0 Å². The van der Waals surface area contributed by atoms with Crippen LogP contribution in [0.15, 0.2) is 0 Å². The molecular formula is C9H17NO. The SMILES string of the molecule is CC(C)N1CCC2C[C@]21CO. The molecule has 2 heteroatoms. The lowest BCUT2D eigenvalue weighted by atomic mass is 10.2.